The van der Waals surface area contributed by atoms with Crippen molar-refractivity contribution in [1.82, 2.24) is 0 Å². The Labute approximate surface area is 216 Å². The summed E-state index contributed by atoms with van der Waals surface area (Å²) in [6.07, 6.45) is 36.7. The SMILES string of the molecule is CCCCCCCCCCCCCCCCOC([O])CCCCCCCCCCCCCCC. The van der Waals surface area contributed by atoms with Crippen LogP contribution in [-0.2, 0) is 9.84 Å². The van der Waals surface area contributed by atoms with E-state index in [2.05, 4.69) is 13.8 Å². The number of hydrogen-bond donors (Lipinski definition) is 0. The number of rotatable bonds is 30. The second kappa shape index (κ2) is 31.0. The van der Waals surface area contributed by atoms with Crippen molar-refractivity contribution in [3.05, 3.63) is 0 Å². The van der Waals surface area contributed by atoms with Gasteiger partial charge >= 0.3 is 0 Å². The van der Waals surface area contributed by atoms with Crippen molar-refractivity contribution in [2.24, 2.45) is 0 Å². The van der Waals surface area contributed by atoms with Crippen LogP contribution >= 0.6 is 0 Å². The van der Waals surface area contributed by atoms with E-state index in [1.54, 1.807) is 0 Å². The Morgan fingerprint density at radius 3 is 0.971 bits per heavy atom. The molecule has 1 unspecified atom stereocenters. The van der Waals surface area contributed by atoms with Gasteiger partial charge in [-0.3, -0.25) is 0 Å². The minimum absolute atomic E-state index is 0.671. The summed E-state index contributed by atoms with van der Waals surface area (Å²) >= 11 is 0. The molecule has 0 spiro atoms. The molecular weight excluding hydrogens is 416 g/mol. The van der Waals surface area contributed by atoms with Crippen LogP contribution in [-0.4, -0.2) is 12.9 Å². The molecular formula is C32H65O2. The maximum atomic E-state index is 11.9. The molecule has 0 bridgehead atoms. The molecule has 0 amide bonds. The van der Waals surface area contributed by atoms with Crippen LogP contribution in [0.1, 0.15) is 194 Å². The van der Waals surface area contributed by atoms with Gasteiger partial charge < -0.3 is 4.74 Å². The molecule has 2 nitrogen and oxygen atoms in total. The first kappa shape index (κ1) is 33.9. The van der Waals surface area contributed by atoms with Crippen LogP contribution in [0.15, 0.2) is 0 Å². The number of hydrogen-bond acceptors (Lipinski definition) is 1. The molecule has 0 rings (SSSR count). The average Bonchev–Trinajstić information content (AvgIpc) is 2.84. The predicted octanol–water partition coefficient (Wildman–Crippen LogP) is 11.7. The monoisotopic (exact) mass is 481 g/mol. The fourth-order valence-electron chi connectivity index (χ4n) is 4.92. The third-order valence-corrected chi connectivity index (χ3v) is 7.35. The lowest BCUT2D eigenvalue weighted by Gasteiger charge is -2.10. The lowest BCUT2D eigenvalue weighted by Crippen LogP contribution is -2.11. The average molecular weight is 482 g/mol. The zero-order valence-corrected chi connectivity index (χ0v) is 23.9. The molecule has 0 heterocycles. The predicted molar refractivity (Wildman–Crippen MR) is 151 cm³/mol. The molecule has 0 saturated carbocycles. The van der Waals surface area contributed by atoms with Crippen molar-refractivity contribution < 1.29 is 9.84 Å². The van der Waals surface area contributed by atoms with Crippen LogP contribution in [0.3, 0.4) is 0 Å². The molecule has 1 radical (unpaired) electrons. The third-order valence-electron chi connectivity index (χ3n) is 7.35. The summed E-state index contributed by atoms with van der Waals surface area (Å²) in [5, 5.41) is 11.9. The Bertz CT molecular complexity index is 344. The summed E-state index contributed by atoms with van der Waals surface area (Å²) in [4.78, 5) is 0. The van der Waals surface area contributed by atoms with Crippen LogP contribution in [0.2, 0.25) is 0 Å². The van der Waals surface area contributed by atoms with E-state index in [9.17, 15) is 5.11 Å². The molecule has 205 valence electrons. The molecule has 34 heavy (non-hydrogen) atoms. The third kappa shape index (κ3) is 30.0. The lowest BCUT2D eigenvalue weighted by atomic mass is 10.0. The Morgan fingerprint density at radius 2 is 0.647 bits per heavy atom. The highest BCUT2D eigenvalue weighted by atomic mass is 16.6. The first-order chi connectivity index (χ1) is 16.8. The summed E-state index contributed by atoms with van der Waals surface area (Å²) in [5.74, 6) is 0. The normalized spacial score (nSPS) is 12.4. The van der Waals surface area contributed by atoms with Gasteiger partial charge in [-0.1, -0.05) is 174 Å². The number of ether oxygens (including phenoxy) is 1. The van der Waals surface area contributed by atoms with E-state index in [1.165, 1.54) is 161 Å². The van der Waals surface area contributed by atoms with E-state index in [0.29, 0.717) is 13.0 Å². The minimum Gasteiger partial charge on any atom is -0.350 e. The van der Waals surface area contributed by atoms with Crippen LogP contribution in [0.25, 0.3) is 0 Å². The van der Waals surface area contributed by atoms with Crippen molar-refractivity contribution in [3.63, 3.8) is 0 Å². The quantitative estimate of drug-likeness (QED) is 0.0740. The van der Waals surface area contributed by atoms with Gasteiger partial charge in [-0.2, -0.15) is 0 Å². The van der Waals surface area contributed by atoms with Gasteiger partial charge in [0.25, 0.3) is 0 Å². The lowest BCUT2D eigenvalue weighted by molar-refractivity contribution is -0.144. The van der Waals surface area contributed by atoms with Crippen LogP contribution in [0.5, 0.6) is 0 Å². The van der Waals surface area contributed by atoms with Crippen molar-refractivity contribution in [3.8, 4) is 0 Å². The van der Waals surface area contributed by atoms with Crippen LogP contribution in [0.4, 0.5) is 0 Å². The smallest absolute Gasteiger partial charge is 0.191 e. The van der Waals surface area contributed by atoms with Gasteiger partial charge in [-0.25, -0.2) is 5.11 Å². The van der Waals surface area contributed by atoms with Gasteiger partial charge in [0, 0.05) is 13.0 Å². The highest BCUT2D eigenvalue weighted by molar-refractivity contribution is 4.52. The standard InChI is InChI=1S/C32H65O2/c1-3-5-7-9-11-13-15-17-19-21-23-25-27-29-31-34-32(33)30-28-26-24-22-20-18-16-14-12-10-8-6-4-2/h32H,3-31H2,1-2H3. The summed E-state index contributed by atoms with van der Waals surface area (Å²) in [6.45, 7) is 5.24. The fraction of sp³-hybridized carbons (Fsp3) is 1.00. The van der Waals surface area contributed by atoms with E-state index >= 15 is 0 Å². The highest BCUT2D eigenvalue weighted by Gasteiger charge is 2.05. The Balaban J connectivity index is 3.13. The fourth-order valence-corrected chi connectivity index (χ4v) is 4.92. The topological polar surface area (TPSA) is 29.1 Å². The van der Waals surface area contributed by atoms with Gasteiger partial charge in [0.2, 0.25) is 0 Å². The summed E-state index contributed by atoms with van der Waals surface area (Å²) in [6, 6.07) is 0. The Morgan fingerprint density at radius 1 is 0.382 bits per heavy atom. The summed E-state index contributed by atoms with van der Waals surface area (Å²) in [7, 11) is 0. The van der Waals surface area contributed by atoms with E-state index in [1.807, 2.05) is 0 Å². The molecule has 0 saturated heterocycles. The largest absolute Gasteiger partial charge is 0.350 e. The minimum atomic E-state index is -0.783. The second-order valence-electron chi connectivity index (χ2n) is 10.9. The van der Waals surface area contributed by atoms with Gasteiger partial charge in [0.05, 0.1) is 0 Å². The second-order valence-corrected chi connectivity index (χ2v) is 10.9. The van der Waals surface area contributed by atoms with E-state index < -0.39 is 6.29 Å². The van der Waals surface area contributed by atoms with Crippen molar-refractivity contribution in [1.29, 1.82) is 0 Å². The van der Waals surface area contributed by atoms with Gasteiger partial charge in [-0.05, 0) is 12.8 Å². The molecule has 0 aromatic rings. The summed E-state index contributed by atoms with van der Waals surface area (Å²) in [5.41, 5.74) is 0. The van der Waals surface area contributed by atoms with Gasteiger partial charge in [0.1, 0.15) is 0 Å². The zero-order valence-electron chi connectivity index (χ0n) is 23.9. The van der Waals surface area contributed by atoms with Gasteiger partial charge in [-0.15, -0.1) is 0 Å². The van der Waals surface area contributed by atoms with E-state index in [4.69, 9.17) is 4.74 Å². The van der Waals surface area contributed by atoms with Crippen molar-refractivity contribution in [2.75, 3.05) is 6.61 Å². The molecule has 0 aromatic carbocycles. The Kier molecular flexibility index (Phi) is 30.9. The summed E-state index contributed by atoms with van der Waals surface area (Å²) < 4.78 is 5.50. The van der Waals surface area contributed by atoms with Crippen molar-refractivity contribution in [2.45, 2.75) is 200 Å². The number of unbranched alkanes of at least 4 members (excludes halogenated alkanes) is 25. The van der Waals surface area contributed by atoms with Crippen molar-refractivity contribution >= 4 is 0 Å². The molecule has 1 atom stereocenters. The maximum absolute atomic E-state index is 11.9. The van der Waals surface area contributed by atoms with Gasteiger partial charge in [0.15, 0.2) is 6.29 Å². The zero-order chi connectivity index (χ0) is 24.8. The van der Waals surface area contributed by atoms with Crippen LogP contribution < -0.4 is 0 Å². The Hall–Kier alpha value is -0.0800. The molecule has 0 N–H and O–H groups in total. The maximum Gasteiger partial charge on any atom is 0.191 e. The molecule has 2 heteroatoms. The molecule has 0 aliphatic heterocycles. The first-order valence-corrected chi connectivity index (χ1v) is 16.1. The molecule has 0 aliphatic rings. The molecule has 0 aromatic heterocycles. The first-order valence-electron chi connectivity index (χ1n) is 16.1. The van der Waals surface area contributed by atoms with Crippen LogP contribution in [0, 0.1) is 0 Å². The van der Waals surface area contributed by atoms with E-state index in [-0.39, 0.29) is 0 Å². The molecule has 0 aliphatic carbocycles. The highest BCUT2D eigenvalue weighted by Crippen LogP contribution is 2.15. The molecule has 0 fully saturated rings. The van der Waals surface area contributed by atoms with E-state index in [0.717, 1.165) is 12.8 Å².